The summed E-state index contributed by atoms with van der Waals surface area (Å²) >= 11 is 0. The fourth-order valence-corrected chi connectivity index (χ4v) is 2.77. The predicted octanol–water partition coefficient (Wildman–Crippen LogP) is 2.82. The lowest BCUT2D eigenvalue weighted by Gasteiger charge is -2.18. The molecule has 0 amide bonds. The number of carbonyl (C=O) groups excluding carboxylic acids is 1. The van der Waals surface area contributed by atoms with Gasteiger partial charge in [-0.25, -0.2) is 0 Å². The highest BCUT2D eigenvalue weighted by Gasteiger charge is 2.31. The monoisotopic (exact) mass is 243 g/mol. The maximum Gasteiger partial charge on any atom is 0.163 e. The minimum atomic E-state index is 0. The average molecular weight is 244 g/mol. The lowest BCUT2D eigenvalue weighted by atomic mass is 10.0. The van der Waals surface area contributed by atoms with E-state index in [1.807, 2.05) is 0 Å². The first-order valence-corrected chi connectivity index (χ1v) is 6.11. The van der Waals surface area contributed by atoms with Crippen molar-refractivity contribution >= 4 is 18.2 Å². The van der Waals surface area contributed by atoms with Crippen molar-refractivity contribution in [2.75, 3.05) is 19.6 Å². The number of halogens is 1. The Morgan fingerprint density at radius 1 is 1.31 bits per heavy atom. The Hall–Kier alpha value is -0.340. The van der Waals surface area contributed by atoms with Gasteiger partial charge in [-0.05, 0) is 58.2 Å². The Kier molecular flexibility index (Phi) is 5.00. The van der Waals surface area contributed by atoms with E-state index in [9.17, 15) is 4.79 Å². The van der Waals surface area contributed by atoms with Crippen molar-refractivity contribution in [3.63, 3.8) is 0 Å². The zero-order chi connectivity index (χ0) is 10.8. The van der Waals surface area contributed by atoms with Crippen molar-refractivity contribution in [3.05, 3.63) is 11.1 Å². The summed E-state index contributed by atoms with van der Waals surface area (Å²) in [7, 11) is 0. The van der Waals surface area contributed by atoms with Crippen LogP contribution in [0, 0.1) is 5.92 Å². The van der Waals surface area contributed by atoms with E-state index < -0.39 is 0 Å². The van der Waals surface area contributed by atoms with Crippen LogP contribution in [0.1, 0.15) is 39.5 Å². The van der Waals surface area contributed by atoms with E-state index >= 15 is 0 Å². The summed E-state index contributed by atoms with van der Waals surface area (Å²) in [6, 6.07) is 0. The number of allylic oxidation sites excluding steroid dienone is 2. The zero-order valence-electron chi connectivity index (χ0n) is 10.3. The number of likely N-dealkylation sites (tertiary alicyclic amines) is 1. The third kappa shape index (κ3) is 2.86. The van der Waals surface area contributed by atoms with Gasteiger partial charge in [-0.1, -0.05) is 5.57 Å². The molecule has 0 radical (unpaired) electrons. The molecule has 2 aliphatic rings. The van der Waals surface area contributed by atoms with Crippen molar-refractivity contribution < 1.29 is 4.79 Å². The number of ketones is 1. The molecule has 0 aromatic rings. The van der Waals surface area contributed by atoms with Gasteiger partial charge in [0.25, 0.3) is 0 Å². The van der Waals surface area contributed by atoms with Gasteiger partial charge in [-0.2, -0.15) is 0 Å². The van der Waals surface area contributed by atoms with Crippen molar-refractivity contribution in [2.45, 2.75) is 39.5 Å². The average Bonchev–Trinajstić information content (AvgIpc) is 2.78. The smallest absolute Gasteiger partial charge is 0.163 e. The van der Waals surface area contributed by atoms with Gasteiger partial charge >= 0.3 is 0 Å². The van der Waals surface area contributed by atoms with Crippen LogP contribution in [-0.4, -0.2) is 30.3 Å². The molecular formula is C13H22ClNO. The fourth-order valence-electron chi connectivity index (χ4n) is 2.77. The van der Waals surface area contributed by atoms with Crippen LogP contribution in [0.3, 0.4) is 0 Å². The normalized spacial score (nSPS) is 26.0. The molecule has 1 heterocycles. The van der Waals surface area contributed by atoms with E-state index in [0.717, 1.165) is 25.0 Å². The van der Waals surface area contributed by atoms with Crippen LogP contribution < -0.4 is 0 Å². The molecule has 1 unspecified atom stereocenters. The number of rotatable bonds is 2. The number of hydrogen-bond donors (Lipinski definition) is 0. The van der Waals surface area contributed by atoms with E-state index in [1.165, 1.54) is 31.5 Å². The molecule has 1 aliphatic carbocycles. The Morgan fingerprint density at radius 2 is 1.94 bits per heavy atom. The topological polar surface area (TPSA) is 20.3 Å². The molecule has 2 rings (SSSR count). The third-order valence-corrected chi connectivity index (χ3v) is 3.69. The molecule has 16 heavy (non-hydrogen) atoms. The first kappa shape index (κ1) is 13.7. The number of nitrogens with zero attached hydrogens (tertiary/aromatic N) is 1. The van der Waals surface area contributed by atoms with Crippen LogP contribution in [0.15, 0.2) is 11.1 Å². The summed E-state index contributed by atoms with van der Waals surface area (Å²) in [4.78, 5) is 14.5. The quantitative estimate of drug-likeness (QED) is 0.696. The van der Waals surface area contributed by atoms with E-state index in [0.29, 0.717) is 11.7 Å². The Balaban J connectivity index is 0.00000128. The Bertz CT molecular complexity index is 288. The Labute approximate surface area is 104 Å². The zero-order valence-corrected chi connectivity index (χ0v) is 11.1. The first-order valence-electron chi connectivity index (χ1n) is 6.11. The van der Waals surface area contributed by atoms with Gasteiger partial charge in [0.2, 0.25) is 0 Å². The second-order valence-corrected chi connectivity index (χ2v) is 5.09. The second kappa shape index (κ2) is 5.83. The molecule has 1 aliphatic heterocycles. The Morgan fingerprint density at radius 3 is 2.44 bits per heavy atom. The van der Waals surface area contributed by atoms with Gasteiger partial charge in [0.05, 0.1) is 0 Å². The van der Waals surface area contributed by atoms with Crippen LogP contribution in [0.2, 0.25) is 0 Å². The first-order chi connectivity index (χ1) is 7.18. The molecule has 0 bridgehead atoms. The summed E-state index contributed by atoms with van der Waals surface area (Å²) < 4.78 is 0. The largest absolute Gasteiger partial charge is 0.303 e. The maximum absolute atomic E-state index is 12.1. The summed E-state index contributed by atoms with van der Waals surface area (Å²) in [6.45, 7) is 7.54. The molecule has 3 heteroatoms. The highest BCUT2D eigenvalue weighted by molar-refractivity contribution is 6.00. The fraction of sp³-hybridized carbons (Fsp3) is 0.769. The molecular weight excluding hydrogens is 222 g/mol. The van der Waals surface area contributed by atoms with Gasteiger partial charge < -0.3 is 4.90 Å². The van der Waals surface area contributed by atoms with Gasteiger partial charge in [0.1, 0.15) is 0 Å². The SMILES string of the molecule is CC(C)=C1CCC(CN2CCCC2)C1=O.Cl. The highest BCUT2D eigenvalue weighted by atomic mass is 35.5. The van der Waals surface area contributed by atoms with Gasteiger partial charge in [-0.15, -0.1) is 12.4 Å². The predicted molar refractivity (Wildman–Crippen MR) is 69.0 cm³/mol. The van der Waals surface area contributed by atoms with Crippen LogP contribution in [-0.2, 0) is 4.79 Å². The van der Waals surface area contributed by atoms with Crippen molar-refractivity contribution in [1.29, 1.82) is 0 Å². The van der Waals surface area contributed by atoms with Crippen LogP contribution >= 0.6 is 12.4 Å². The molecule has 2 nitrogen and oxygen atoms in total. The molecule has 0 N–H and O–H groups in total. The summed E-state index contributed by atoms with van der Waals surface area (Å²) in [5.41, 5.74) is 2.34. The van der Waals surface area contributed by atoms with Crippen LogP contribution in [0.5, 0.6) is 0 Å². The van der Waals surface area contributed by atoms with E-state index in [2.05, 4.69) is 18.7 Å². The summed E-state index contributed by atoms with van der Waals surface area (Å²) in [5, 5.41) is 0. The van der Waals surface area contributed by atoms with Crippen molar-refractivity contribution in [2.24, 2.45) is 5.92 Å². The van der Waals surface area contributed by atoms with E-state index in [1.54, 1.807) is 0 Å². The van der Waals surface area contributed by atoms with Crippen LogP contribution in [0.25, 0.3) is 0 Å². The van der Waals surface area contributed by atoms with Gasteiger partial charge in [0.15, 0.2) is 5.78 Å². The molecule has 92 valence electrons. The molecule has 1 atom stereocenters. The van der Waals surface area contributed by atoms with E-state index in [4.69, 9.17) is 0 Å². The van der Waals surface area contributed by atoms with E-state index in [-0.39, 0.29) is 12.4 Å². The van der Waals surface area contributed by atoms with Crippen LogP contribution in [0.4, 0.5) is 0 Å². The highest BCUT2D eigenvalue weighted by Crippen LogP contribution is 2.30. The number of hydrogen-bond acceptors (Lipinski definition) is 2. The summed E-state index contributed by atoms with van der Waals surface area (Å²) in [6.07, 6.45) is 4.72. The number of carbonyl (C=O) groups is 1. The minimum absolute atomic E-state index is 0. The molecule has 2 fully saturated rings. The number of Topliss-reactive ketones (excluding diaryl/α,β-unsaturated/α-hetero) is 1. The maximum atomic E-state index is 12.1. The standard InChI is InChI=1S/C13H21NO.ClH/c1-10(2)12-6-5-11(13(12)15)9-14-7-3-4-8-14;/h11H,3-9H2,1-2H3;1H. The summed E-state index contributed by atoms with van der Waals surface area (Å²) in [5.74, 6) is 0.731. The van der Waals surface area contributed by atoms with Gasteiger partial charge in [0, 0.05) is 12.5 Å². The molecule has 0 aromatic carbocycles. The third-order valence-electron chi connectivity index (χ3n) is 3.69. The molecule has 0 spiro atoms. The lowest BCUT2D eigenvalue weighted by Crippen LogP contribution is -2.28. The molecule has 1 saturated carbocycles. The van der Waals surface area contributed by atoms with Gasteiger partial charge in [-0.3, -0.25) is 4.79 Å². The molecule has 1 saturated heterocycles. The lowest BCUT2D eigenvalue weighted by molar-refractivity contribution is -0.118. The van der Waals surface area contributed by atoms with Crippen molar-refractivity contribution in [3.8, 4) is 0 Å². The van der Waals surface area contributed by atoms with Crippen molar-refractivity contribution in [1.82, 2.24) is 4.90 Å². The minimum Gasteiger partial charge on any atom is -0.303 e. The molecule has 0 aromatic heterocycles. The second-order valence-electron chi connectivity index (χ2n) is 5.09.